The maximum Gasteiger partial charge on any atom is 0.324 e. The number of aryl methyl sites for hydroxylation is 1. The molecule has 4 N–H and O–H groups in total. The maximum absolute atomic E-state index is 14.9. The van der Waals surface area contributed by atoms with E-state index < -0.39 is 65.0 Å². The molecule has 4 aromatic rings. The van der Waals surface area contributed by atoms with Gasteiger partial charge in [0, 0.05) is 68.8 Å². The molecule has 0 radical (unpaired) electrons. The number of nitrogens with zero attached hydrogens (tertiary/aromatic N) is 5. The number of phenolic OH excluding ortho intramolecular Hbond substituents is 1. The number of hydrogen-bond acceptors (Lipinski definition) is 11. The Morgan fingerprint density at radius 2 is 1.80 bits per heavy atom. The van der Waals surface area contributed by atoms with Gasteiger partial charge >= 0.3 is 5.97 Å². The van der Waals surface area contributed by atoms with E-state index in [4.69, 9.17) is 14.5 Å². The highest BCUT2D eigenvalue weighted by Gasteiger charge is 2.63. The number of rotatable bonds is 12. The molecule has 2 aliphatic carbocycles. The lowest BCUT2D eigenvalue weighted by atomic mass is 9.84. The van der Waals surface area contributed by atoms with E-state index in [1.165, 1.54) is 21.9 Å². The van der Waals surface area contributed by atoms with E-state index in [-0.39, 0.29) is 49.8 Å². The molecule has 6 bridgehead atoms. The summed E-state index contributed by atoms with van der Waals surface area (Å²) in [5.74, 6) is -2.59. The first-order chi connectivity index (χ1) is 33.9. The number of alkyl halides is 1. The van der Waals surface area contributed by atoms with E-state index in [1.54, 1.807) is 32.5 Å². The fraction of sp³-hybridized carbons (Fsp3) is 0.556. The van der Waals surface area contributed by atoms with Gasteiger partial charge in [0.15, 0.2) is 0 Å². The molecule has 3 aliphatic heterocycles. The SMILES string of the molecule is CCn1c(-c2cccnc2[C@H](C)OC)c2c3cc(ccc31)-c1cc(O)cc(c1)C[C@H](NC(=O)[C@H](C1CCCC1)N(C)C(=O)CN(C)C(=O)[C@@H]1N[C@@H]1C1(F)CC1)C(=O)N1CCC[C@H](N1)C(=O)OCC(C)(C)C2. The van der Waals surface area contributed by atoms with Gasteiger partial charge in [-0.15, -0.1) is 0 Å². The van der Waals surface area contributed by atoms with Crippen LogP contribution in [0.15, 0.2) is 54.7 Å². The highest BCUT2D eigenvalue weighted by molar-refractivity contribution is 5.96. The summed E-state index contributed by atoms with van der Waals surface area (Å²) in [5.41, 5.74) is 8.08. The number of amides is 4. The monoisotopic (exact) mass is 977 g/mol. The molecule has 380 valence electrons. The van der Waals surface area contributed by atoms with Crippen LogP contribution in [0.5, 0.6) is 5.75 Å². The molecule has 5 aliphatic rings. The summed E-state index contributed by atoms with van der Waals surface area (Å²) in [7, 11) is 4.72. The normalized spacial score (nSPS) is 23.9. The Balaban J connectivity index is 1.07. The molecule has 71 heavy (non-hydrogen) atoms. The number of halogens is 1. The summed E-state index contributed by atoms with van der Waals surface area (Å²) in [5, 5.41) is 19.8. The van der Waals surface area contributed by atoms with E-state index in [0.29, 0.717) is 62.6 Å². The van der Waals surface area contributed by atoms with Gasteiger partial charge in [-0.3, -0.25) is 39.3 Å². The van der Waals surface area contributed by atoms with Crippen molar-refractivity contribution in [1.29, 1.82) is 0 Å². The molecule has 16 nitrogen and oxygen atoms in total. The van der Waals surface area contributed by atoms with Crippen LogP contribution >= 0.6 is 0 Å². The third-order valence-corrected chi connectivity index (χ3v) is 15.5. The molecular formula is C54H69FN8O8. The lowest BCUT2D eigenvalue weighted by Crippen LogP contribution is -2.62. The minimum atomic E-state index is -1.38. The second-order valence-electron chi connectivity index (χ2n) is 21.4. The van der Waals surface area contributed by atoms with Crippen LogP contribution in [0, 0.1) is 11.3 Å². The number of cyclic esters (lactones) is 1. The fourth-order valence-corrected chi connectivity index (χ4v) is 11.3. The maximum atomic E-state index is 14.9. The van der Waals surface area contributed by atoms with E-state index in [2.05, 4.69) is 59.6 Å². The first-order valence-corrected chi connectivity index (χ1v) is 25.4. The smallest absolute Gasteiger partial charge is 0.324 e. The number of aromatic nitrogens is 2. The van der Waals surface area contributed by atoms with Gasteiger partial charge in [0.25, 0.3) is 5.91 Å². The highest BCUT2D eigenvalue weighted by Crippen LogP contribution is 2.48. The Hall–Kier alpha value is -5.91. The number of ether oxygens (including phenoxy) is 2. The van der Waals surface area contributed by atoms with Crippen LogP contribution in [0.3, 0.4) is 0 Å². The van der Waals surface area contributed by atoms with Crippen molar-refractivity contribution < 1.29 is 42.9 Å². The largest absolute Gasteiger partial charge is 0.508 e. The van der Waals surface area contributed by atoms with Gasteiger partial charge in [0.1, 0.15) is 35.6 Å². The second-order valence-corrected chi connectivity index (χ2v) is 21.4. The average Bonchev–Trinajstić information content (AvgIpc) is 4.24. The molecule has 6 atom stereocenters. The van der Waals surface area contributed by atoms with Crippen LogP contribution in [0.1, 0.15) is 102 Å². The molecule has 0 unspecified atom stereocenters. The Morgan fingerprint density at radius 1 is 1.04 bits per heavy atom. The van der Waals surface area contributed by atoms with Gasteiger partial charge in [-0.25, -0.2) is 9.82 Å². The molecule has 4 fully saturated rings. The predicted octanol–water partition coefficient (Wildman–Crippen LogP) is 5.77. The number of fused-ring (bicyclic) bond motifs is 6. The Labute approximate surface area is 415 Å². The summed E-state index contributed by atoms with van der Waals surface area (Å²) in [6, 6.07) is 11.2. The lowest BCUT2D eigenvalue weighted by molar-refractivity contribution is -0.155. The molecule has 5 heterocycles. The third kappa shape index (κ3) is 10.3. The van der Waals surface area contributed by atoms with Crippen LogP contribution in [0.25, 0.3) is 33.3 Å². The van der Waals surface area contributed by atoms with Crippen LogP contribution < -0.4 is 16.1 Å². The van der Waals surface area contributed by atoms with Gasteiger partial charge in [0.05, 0.1) is 36.7 Å². The molecule has 2 aromatic carbocycles. The van der Waals surface area contributed by atoms with E-state index in [9.17, 15) is 33.5 Å². The van der Waals surface area contributed by atoms with Gasteiger partial charge in [-0.2, -0.15) is 0 Å². The van der Waals surface area contributed by atoms with Gasteiger partial charge in [0.2, 0.25) is 17.7 Å². The van der Waals surface area contributed by atoms with Crippen LogP contribution in [0.2, 0.25) is 0 Å². The number of hydrazine groups is 1. The summed E-state index contributed by atoms with van der Waals surface area (Å²) in [6.07, 6.45) is 6.81. The van der Waals surface area contributed by atoms with E-state index in [0.717, 1.165) is 51.8 Å². The number of esters is 1. The third-order valence-electron chi connectivity index (χ3n) is 15.5. The number of benzene rings is 2. The van der Waals surface area contributed by atoms with Crippen LogP contribution in [-0.2, 0) is 52.8 Å². The quantitative estimate of drug-likeness (QED) is 0.0994. The second kappa shape index (κ2) is 19.9. The van der Waals surface area contributed by atoms with Crippen molar-refractivity contribution in [3.63, 3.8) is 0 Å². The van der Waals surface area contributed by atoms with Crippen molar-refractivity contribution in [3.8, 4) is 28.1 Å². The molecule has 17 heteroatoms. The topological polar surface area (TPSA) is 198 Å². The molecule has 9 rings (SSSR count). The number of likely N-dealkylation sites (N-methyl/N-ethyl adjacent to an activating group) is 2. The number of nitrogens with one attached hydrogen (secondary N) is 3. The molecule has 0 spiro atoms. The van der Waals surface area contributed by atoms with Crippen molar-refractivity contribution in [1.82, 2.24) is 40.4 Å². The van der Waals surface area contributed by atoms with Crippen LogP contribution in [-0.4, -0.2) is 136 Å². The molecule has 2 aromatic heterocycles. The fourth-order valence-electron chi connectivity index (χ4n) is 11.3. The summed E-state index contributed by atoms with van der Waals surface area (Å²) in [4.78, 5) is 78.5. The van der Waals surface area contributed by atoms with Gasteiger partial charge in [-0.1, -0.05) is 38.8 Å². The lowest BCUT2D eigenvalue weighted by Gasteiger charge is -2.37. The van der Waals surface area contributed by atoms with Crippen molar-refractivity contribution in [2.75, 3.05) is 40.9 Å². The molecule has 4 amide bonds. The van der Waals surface area contributed by atoms with Gasteiger partial charge < -0.3 is 34.3 Å². The van der Waals surface area contributed by atoms with Crippen molar-refractivity contribution >= 4 is 40.5 Å². The summed E-state index contributed by atoms with van der Waals surface area (Å²) < 4.78 is 29.0. The predicted molar refractivity (Wildman–Crippen MR) is 265 cm³/mol. The Morgan fingerprint density at radius 3 is 2.52 bits per heavy atom. The standard InChI is InChI=1S/C54H69FN8O8/c1-8-62-42-18-17-34-27-38(42)39(47(62)37-15-11-21-56-44(37)31(2)70-7)28-53(3,4)30-71-52(69)40-16-12-22-63(59-40)50(67)41(25-32-23-35(34)26-36(64)24-32)57-49(66)46(33-13-9-10-14-33)61(6)43(65)29-60(5)51(68)45-48(58-45)54(55)19-20-54/h11,15,17-18,21,23-24,26-27,31,33,40-41,45-46,48,58-59,64H,8-10,12-14,16,19-20,22,25,28-30H2,1-7H3,(H,57,66)/t31-,40-,41-,45+,46-,48-/m0/s1. The zero-order valence-electron chi connectivity index (χ0n) is 42.1. The number of phenols is 1. The minimum absolute atomic E-state index is 0.0236. The number of carbonyl (C=O) groups is 5. The van der Waals surface area contributed by atoms with Crippen molar-refractivity contribution in [2.45, 2.75) is 140 Å². The average molecular weight is 977 g/mol. The van der Waals surface area contributed by atoms with E-state index >= 15 is 0 Å². The molecule has 2 saturated carbocycles. The zero-order valence-corrected chi connectivity index (χ0v) is 42.1. The molecule has 2 saturated heterocycles. The summed E-state index contributed by atoms with van der Waals surface area (Å²) >= 11 is 0. The first kappa shape index (κ1) is 50.0. The first-order valence-electron chi connectivity index (χ1n) is 25.4. The number of hydrogen-bond donors (Lipinski definition) is 4. The number of methoxy groups -OCH3 is 1. The zero-order chi connectivity index (χ0) is 50.5. The van der Waals surface area contributed by atoms with Crippen LogP contribution in [0.4, 0.5) is 4.39 Å². The van der Waals surface area contributed by atoms with Crippen molar-refractivity contribution in [2.24, 2.45) is 11.3 Å². The Kier molecular flexibility index (Phi) is 14.1. The number of pyridine rings is 1. The minimum Gasteiger partial charge on any atom is -0.508 e. The number of carbonyl (C=O) groups excluding carboxylic acids is 5. The highest BCUT2D eigenvalue weighted by atomic mass is 19.1. The van der Waals surface area contributed by atoms with Gasteiger partial charge in [-0.05, 0) is 123 Å². The number of aromatic hydroxyl groups is 1. The van der Waals surface area contributed by atoms with Crippen molar-refractivity contribution in [3.05, 3.63) is 71.5 Å². The van der Waals surface area contributed by atoms with E-state index in [1.807, 2.05) is 25.1 Å². The molecular weight excluding hydrogens is 908 g/mol. The Bertz CT molecular complexity index is 2710. The summed E-state index contributed by atoms with van der Waals surface area (Å²) in [6.45, 7) is 8.92.